The SMILES string of the molecule is O=S(=O)(Cl)c1cccc(S(F)(F)(F)(F)F)c1. The third-order valence-corrected chi connectivity index (χ3v) is 4.03. The summed E-state index contributed by atoms with van der Waals surface area (Å²) in [6, 6.07) is 1.13. The summed E-state index contributed by atoms with van der Waals surface area (Å²) in [5, 5.41) is 0. The van der Waals surface area contributed by atoms with Crippen molar-refractivity contribution in [3.8, 4) is 0 Å². The first-order valence-corrected chi connectivity index (χ1v) is 7.75. The molecule has 94 valence electrons. The van der Waals surface area contributed by atoms with Crippen molar-refractivity contribution in [1.82, 2.24) is 0 Å². The minimum Gasteiger partial charge on any atom is -0.207 e. The summed E-state index contributed by atoms with van der Waals surface area (Å²) >= 11 is 0. The average molecular weight is 303 g/mol. The Kier molecular flexibility index (Phi) is 2.39. The van der Waals surface area contributed by atoms with E-state index in [-0.39, 0.29) is 12.1 Å². The molecule has 0 bridgehead atoms. The maximum atomic E-state index is 12.3. The van der Waals surface area contributed by atoms with E-state index in [2.05, 4.69) is 0 Å². The van der Waals surface area contributed by atoms with Crippen molar-refractivity contribution in [2.75, 3.05) is 0 Å². The van der Waals surface area contributed by atoms with Gasteiger partial charge in [-0.2, -0.15) is 0 Å². The minimum absolute atomic E-state index is 0.0904. The second-order valence-electron chi connectivity index (χ2n) is 2.88. The van der Waals surface area contributed by atoms with Crippen LogP contribution >= 0.6 is 20.9 Å². The summed E-state index contributed by atoms with van der Waals surface area (Å²) in [5.41, 5.74) is 0. The maximum absolute atomic E-state index is 12.3. The third kappa shape index (κ3) is 3.22. The molecule has 0 spiro atoms. The Bertz CT molecular complexity index is 535. The number of hydrogen-bond acceptors (Lipinski definition) is 2. The van der Waals surface area contributed by atoms with E-state index in [1.807, 2.05) is 0 Å². The lowest BCUT2D eigenvalue weighted by molar-refractivity contribution is 0.363. The van der Waals surface area contributed by atoms with E-state index in [9.17, 15) is 27.8 Å². The van der Waals surface area contributed by atoms with Gasteiger partial charge in [0.15, 0.2) is 0 Å². The van der Waals surface area contributed by atoms with Gasteiger partial charge in [0.2, 0.25) is 0 Å². The van der Waals surface area contributed by atoms with Crippen LogP contribution in [0.15, 0.2) is 34.1 Å². The molecule has 2 nitrogen and oxygen atoms in total. The van der Waals surface area contributed by atoms with Crippen LogP contribution in [0.2, 0.25) is 0 Å². The van der Waals surface area contributed by atoms with Crippen LogP contribution in [0.25, 0.3) is 0 Å². The first kappa shape index (κ1) is 13.5. The molecule has 0 saturated carbocycles. The molecule has 0 aliphatic heterocycles. The largest absolute Gasteiger partial charge is 0.310 e. The van der Waals surface area contributed by atoms with Crippen LogP contribution in [-0.2, 0) is 9.05 Å². The summed E-state index contributed by atoms with van der Waals surface area (Å²) in [6.45, 7) is 0. The molecule has 0 unspecified atom stereocenters. The van der Waals surface area contributed by atoms with Gasteiger partial charge in [-0.05, 0) is 18.2 Å². The summed E-state index contributed by atoms with van der Waals surface area (Å²) in [5.74, 6) is 0. The van der Waals surface area contributed by atoms with Gasteiger partial charge in [0.05, 0.1) is 4.90 Å². The van der Waals surface area contributed by atoms with Crippen LogP contribution in [0.4, 0.5) is 19.4 Å². The van der Waals surface area contributed by atoms with E-state index < -0.39 is 29.1 Å². The fourth-order valence-electron chi connectivity index (χ4n) is 0.866. The maximum Gasteiger partial charge on any atom is 0.310 e. The molecule has 0 saturated heterocycles. The lowest BCUT2D eigenvalue weighted by Crippen LogP contribution is -2.06. The Morgan fingerprint density at radius 2 is 1.56 bits per heavy atom. The van der Waals surface area contributed by atoms with Crippen LogP contribution < -0.4 is 0 Å². The second kappa shape index (κ2) is 2.82. The van der Waals surface area contributed by atoms with E-state index in [1.165, 1.54) is 0 Å². The zero-order chi connectivity index (χ0) is 12.9. The summed E-state index contributed by atoms with van der Waals surface area (Å²) < 4.78 is 82.8. The molecule has 1 aromatic rings. The normalized spacial score (nSPS) is 17.6. The van der Waals surface area contributed by atoms with Crippen molar-refractivity contribution in [2.24, 2.45) is 0 Å². The molecule has 0 aromatic heterocycles. The molecule has 0 heterocycles. The molecule has 0 fully saturated rings. The lowest BCUT2D eigenvalue weighted by Gasteiger charge is -2.40. The van der Waals surface area contributed by atoms with Gasteiger partial charge in [0.1, 0.15) is 4.90 Å². The van der Waals surface area contributed by atoms with Crippen LogP contribution in [-0.4, -0.2) is 8.42 Å². The average Bonchev–Trinajstić information content (AvgIpc) is 1.99. The van der Waals surface area contributed by atoms with Crippen LogP contribution in [0.1, 0.15) is 0 Å². The second-order valence-corrected chi connectivity index (χ2v) is 7.86. The molecule has 1 aromatic carbocycles. The van der Waals surface area contributed by atoms with Gasteiger partial charge in [0, 0.05) is 10.7 Å². The minimum atomic E-state index is -9.87. The van der Waals surface area contributed by atoms with E-state index in [4.69, 9.17) is 10.7 Å². The number of rotatable bonds is 2. The first-order valence-electron chi connectivity index (χ1n) is 3.49. The highest BCUT2D eigenvalue weighted by atomic mass is 35.7. The van der Waals surface area contributed by atoms with Crippen molar-refractivity contribution in [1.29, 1.82) is 0 Å². The highest BCUT2D eigenvalue weighted by Gasteiger charge is 2.65. The van der Waals surface area contributed by atoms with Gasteiger partial charge < -0.3 is 0 Å². The first-order chi connectivity index (χ1) is 6.70. The molecular weight excluding hydrogens is 299 g/mol. The third-order valence-electron chi connectivity index (χ3n) is 1.53. The lowest BCUT2D eigenvalue weighted by atomic mass is 10.4. The standard InChI is InChI=1S/C6H4ClF5O2S2/c7-15(13,14)5-2-1-3-6(4-5)16(8,9,10,11)12/h1-4H. The molecule has 16 heavy (non-hydrogen) atoms. The van der Waals surface area contributed by atoms with Crippen LogP contribution in [0.5, 0.6) is 0 Å². The van der Waals surface area contributed by atoms with Crippen molar-refractivity contribution in [2.45, 2.75) is 9.79 Å². The molecule has 10 heteroatoms. The Morgan fingerprint density at radius 1 is 1.06 bits per heavy atom. The number of halogens is 6. The Labute approximate surface area is 92.2 Å². The Balaban J connectivity index is 3.55. The van der Waals surface area contributed by atoms with Crippen molar-refractivity contribution < 1.29 is 27.8 Å². The monoisotopic (exact) mass is 302 g/mol. The fourth-order valence-corrected chi connectivity index (χ4v) is 2.42. The number of hydrogen-bond donors (Lipinski definition) is 0. The quantitative estimate of drug-likeness (QED) is 0.604. The molecule has 1 rings (SSSR count). The van der Waals surface area contributed by atoms with Gasteiger partial charge >= 0.3 is 10.2 Å². The van der Waals surface area contributed by atoms with Crippen molar-refractivity contribution >= 4 is 30.0 Å². The molecule has 0 N–H and O–H groups in total. The number of benzene rings is 1. The molecule has 0 atom stereocenters. The van der Waals surface area contributed by atoms with Gasteiger partial charge in [-0.25, -0.2) is 8.42 Å². The van der Waals surface area contributed by atoms with Crippen molar-refractivity contribution in [3.63, 3.8) is 0 Å². The Morgan fingerprint density at radius 3 is 1.94 bits per heavy atom. The van der Waals surface area contributed by atoms with Gasteiger partial charge in [-0.1, -0.05) is 25.5 Å². The van der Waals surface area contributed by atoms with Crippen molar-refractivity contribution in [3.05, 3.63) is 24.3 Å². The summed E-state index contributed by atoms with van der Waals surface area (Å²) in [7, 11) is -9.61. The molecule has 0 aliphatic rings. The zero-order valence-corrected chi connectivity index (χ0v) is 9.60. The van der Waals surface area contributed by atoms with Crippen LogP contribution in [0.3, 0.4) is 0 Å². The fraction of sp³-hybridized carbons (Fsp3) is 0. The zero-order valence-electron chi connectivity index (χ0n) is 7.21. The van der Waals surface area contributed by atoms with E-state index in [1.54, 1.807) is 0 Å². The highest BCUT2D eigenvalue weighted by Crippen LogP contribution is 3.02. The molecule has 0 aliphatic carbocycles. The van der Waals surface area contributed by atoms with E-state index in [0.29, 0.717) is 12.1 Å². The predicted octanol–water partition coefficient (Wildman–Crippen LogP) is 4.27. The smallest absolute Gasteiger partial charge is 0.207 e. The molecular formula is C6H4ClF5O2S2. The predicted molar refractivity (Wildman–Crippen MR) is 50.9 cm³/mol. The molecule has 0 radical (unpaired) electrons. The van der Waals surface area contributed by atoms with Crippen LogP contribution in [0, 0.1) is 0 Å². The summed E-state index contributed by atoms with van der Waals surface area (Å²) in [4.78, 5) is -3.32. The topological polar surface area (TPSA) is 34.1 Å². The Hall–Kier alpha value is -0.540. The molecule has 0 amide bonds. The van der Waals surface area contributed by atoms with Gasteiger partial charge in [-0.15, -0.1) is 0 Å². The van der Waals surface area contributed by atoms with E-state index >= 15 is 0 Å². The summed E-state index contributed by atoms with van der Waals surface area (Å²) in [6.07, 6.45) is 0. The van der Waals surface area contributed by atoms with Gasteiger partial charge in [0.25, 0.3) is 9.05 Å². The van der Waals surface area contributed by atoms with E-state index in [0.717, 1.165) is 0 Å². The van der Waals surface area contributed by atoms with Gasteiger partial charge in [-0.3, -0.25) is 0 Å². The highest BCUT2D eigenvalue weighted by molar-refractivity contribution is 8.45.